The Morgan fingerprint density at radius 3 is 2.71 bits per heavy atom. The normalized spacial score (nSPS) is 22.3. The molecule has 1 saturated heterocycles. The van der Waals surface area contributed by atoms with Crippen LogP contribution >= 0.6 is 0 Å². The average Bonchev–Trinajstić information content (AvgIpc) is 2.54. The predicted octanol–water partition coefficient (Wildman–Crippen LogP) is 2.32. The lowest BCUT2D eigenvalue weighted by molar-refractivity contribution is -0.123. The van der Waals surface area contributed by atoms with E-state index in [-0.39, 0.29) is 17.4 Å². The van der Waals surface area contributed by atoms with E-state index in [0.29, 0.717) is 5.92 Å². The van der Waals surface area contributed by atoms with Crippen LogP contribution in [0.15, 0.2) is 0 Å². The number of nitrogens with one attached hydrogen (secondary N) is 2. The van der Waals surface area contributed by atoms with E-state index < -0.39 is 0 Å². The molecule has 0 aromatic heterocycles. The van der Waals surface area contributed by atoms with Gasteiger partial charge in [0.15, 0.2) is 0 Å². The average molecular weight is 240 g/mol. The van der Waals surface area contributed by atoms with Crippen molar-refractivity contribution in [2.75, 3.05) is 13.1 Å². The number of carbonyl (C=O) groups is 1. The molecule has 0 aliphatic carbocycles. The van der Waals surface area contributed by atoms with Crippen molar-refractivity contribution < 1.29 is 4.79 Å². The molecule has 0 bridgehead atoms. The van der Waals surface area contributed by atoms with E-state index in [1.165, 1.54) is 19.3 Å². The fourth-order valence-electron chi connectivity index (χ4n) is 1.89. The summed E-state index contributed by atoms with van der Waals surface area (Å²) in [5.74, 6) is 0.755. The first-order valence-electron chi connectivity index (χ1n) is 6.94. The topological polar surface area (TPSA) is 41.1 Å². The Kier molecular flexibility index (Phi) is 5.44. The van der Waals surface area contributed by atoms with Crippen molar-refractivity contribution in [2.24, 2.45) is 11.3 Å². The Hall–Kier alpha value is -0.570. The van der Waals surface area contributed by atoms with Gasteiger partial charge in [0, 0.05) is 6.54 Å². The van der Waals surface area contributed by atoms with E-state index in [2.05, 4.69) is 38.3 Å². The highest BCUT2D eigenvalue weighted by atomic mass is 16.2. The maximum atomic E-state index is 12.0. The minimum Gasteiger partial charge on any atom is -0.354 e. The summed E-state index contributed by atoms with van der Waals surface area (Å²) in [6, 6.07) is 0.0282. The molecule has 1 fully saturated rings. The largest absolute Gasteiger partial charge is 0.354 e. The summed E-state index contributed by atoms with van der Waals surface area (Å²) < 4.78 is 0. The van der Waals surface area contributed by atoms with Crippen LogP contribution in [-0.2, 0) is 4.79 Å². The first-order valence-corrected chi connectivity index (χ1v) is 6.94. The van der Waals surface area contributed by atoms with Crippen LogP contribution in [0.2, 0.25) is 0 Å². The Bertz CT molecular complexity index is 241. The van der Waals surface area contributed by atoms with Crippen LogP contribution in [0.4, 0.5) is 0 Å². The molecule has 0 radical (unpaired) electrons. The zero-order valence-electron chi connectivity index (χ0n) is 11.8. The van der Waals surface area contributed by atoms with E-state index in [9.17, 15) is 4.79 Å². The van der Waals surface area contributed by atoms with Crippen LogP contribution in [0.3, 0.4) is 0 Å². The summed E-state index contributed by atoms with van der Waals surface area (Å²) >= 11 is 0. The quantitative estimate of drug-likeness (QED) is 0.792. The summed E-state index contributed by atoms with van der Waals surface area (Å²) in [6.45, 7) is 10.6. The summed E-state index contributed by atoms with van der Waals surface area (Å²) in [5, 5.41) is 6.44. The van der Waals surface area contributed by atoms with Gasteiger partial charge in [0.1, 0.15) is 0 Å². The van der Waals surface area contributed by atoms with Gasteiger partial charge in [-0.05, 0) is 30.7 Å². The molecule has 0 spiro atoms. The zero-order valence-corrected chi connectivity index (χ0v) is 11.8. The standard InChI is InChI=1S/C14H28N2O/c1-11(2)14(3,4)10-16-13(17)12-8-6-5-7-9-15-12/h11-12,15H,5-10H2,1-4H3,(H,16,17). The highest BCUT2D eigenvalue weighted by Gasteiger charge is 2.25. The molecule has 1 atom stereocenters. The molecule has 1 heterocycles. The monoisotopic (exact) mass is 240 g/mol. The maximum absolute atomic E-state index is 12.0. The van der Waals surface area contributed by atoms with Crippen molar-refractivity contribution in [3.63, 3.8) is 0 Å². The van der Waals surface area contributed by atoms with Crippen molar-refractivity contribution in [1.29, 1.82) is 0 Å². The highest BCUT2D eigenvalue weighted by molar-refractivity contribution is 5.81. The molecule has 0 aromatic rings. The lowest BCUT2D eigenvalue weighted by Gasteiger charge is -2.30. The summed E-state index contributed by atoms with van der Waals surface area (Å²) in [7, 11) is 0. The van der Waals surface area contributed by atoms with Gasteiger partial charge in [-0.1, -0.05) is 40.5 Å². The Morgan fingerprint density at radius 1 is 1.35 bits per heavy atom. The van der Waals surface area contributed by atoms with Gasteiger partial charge in [-0.15, -0.1) is 0 Å². The molecular weight excluding hydrogens is 212 g/mol. The molecule has 1 aliphatic heterocycles. The number of carbonyl (C=O) groups excluding carboxylic acids is 1. The molecule has 1 unspecified atom stereocenters. The van der Waals surface area contributed by atoms with Gasteiger partial charge in [-0.2, -0.15) is 0 Å². The van der Waals surface area contributed by atoms with Crippen LogP contribution in [0.5, 0.6) is 0 Å². The molecule has 1 aliphatic rings. The maximum Gasteiger partial charge on any atom is 0.237 e. The molecular formula is C14H28N2O. The third-order valence-corrected chi connectivity index (χ3v) is 4.16. The molecule has 0 aromatic carbocycles. The lowest BCUT2D eigenvalue weighted by Crippen LogP contribution is -2.47. The van der Waals surface area contributed by atoms with Gasteiger partial charge in [0.05, 0.1) is 6.04 Å². The fourth-order valence-corrected chi connectivity index (χ4v) is 1.89. The van der Waals surface area contributed by atoms with Gasteiger partial charge >= 0.3 is 0 Å². The van der Waals surface area contributed by atoms with Crippen LogP contribution in [0, 0.1) is 11.3 Å². The van der Waals surface area contributed by atoms with Crippen LogP contribution in [-0.4, -0.2) is 25.0 Å². The van der Waals surface area contributed by atoms with Gasteiger partial charge in [0.25, 0.3) is 0 Å². The molecule has 3 heteroatoms. The van der Waals surface area contributed by atoms with E-state index in [4.69, 9.17) is 0 Å². The van der Waals surface area contributed by atoms with Crippen LogP contribution in [0.25, 0.3) is 0 Å². The molecule has 3 nitrogen and oxygen atoms in total. The fraction of sp³-hybridized carbons (Fsp3) is 0.929. The SMILES string of the molecule is CC(C)C(C)(C)CNC(=O)C1CCCCCN1. The number of hydrogen-bond donors (Lipinski definition) is 2. The zero-order chi connectivity index (χ0) is 12.9. The minimum atomic E-state index is 0.0282. The first-order chi connectivity index (χ1) is 7.93. The number of hydrogen-bond acceptors (Lipinski definition) is 2. The van der Waals surface area contributed by atoms with Gasteiger partial charge in [0.2, 0.25) is 5.91 Å². The Morgan fingerprint density at radius 2 is 2.06 bits per heavy atom. The summed E-state index contributed by atoms with van der Waals surface area (Å²) in [6.07, 6.45) is 4.59. The van der Waals surface area contributed by atoms with Crippen molar-refractivity contribution in [1.82, 2.24) is 10.6 Å². The second-order valence-corrected chi connectivity index (χ2v) is 6.22. The van der Waals surface area contributed by atoms with E-state index in [1.807, 2.05) is 0 Å². The van der Waals surface area contributed by atoms with Crippen LogP contribution in [0.1, 0.15) is 53.4 Å². The molecule has 1 rings (SSSR count). The Balaban J connectivity index is 2.38. The number of rotatable bonds is 4. The van der Waals surface area contributed by atoms with Crippen molar-refractivity contribution >= 4 is 5.91 Å². The van der Waals surface area contributed by atoms with Gasteiger partial charge in [-0.3, -0.25) is 4.79 Å². The molecule has 0 saturated carbocycles. The molecule has 1 amide bonds. The number of amides is 1. The van der Waals surface area contributed by atoms with Crippen molar-refractivity contribution in [3.8, 4) is 0 Å². The third kappa shape index (κ3) is 4.66. The van der Waals surface area contributed by atoms with E-state index >= 15 is 0 Å². The third-order valence-electron chi connectivity index (χ3n) is 4.16. The molecule has 100 valence electrons. The molecule has 17 heavy (non-hydrogen) atoms. The van der Waals surface area contributed by atoms with Crippen molar-refractivity contribution in [2.45, 2.75) is 59.4 Å². The van der Waals surface area contributed by atoms with Gasteiger partial charge in [-0.25, -0.2) is 0 Å². The van der Waals surface area contributed by atoms with Crippen molar-refractivity contribution in [3.05, 3.63) is 0 Å². The summed E-state index contributed by atoms with van der Waals surface area (Å²) in [4.78, 5) is 12.0. The van der Waals surface area contributed by atoms with Gasteiger partial charge < -0.3 is 10.6 Å². The lowest BCUT2D eigenvalue weighted by atomic mass is 9.81. The summed E-state index contributed by atoms with van der Waals surface area (Å²) in [5.41, 5.74) is 0.167. The second-order valence-electron chi connectivity index (χ2n) is 6.22. The van der Waals surface area contributed by atoms with Crippen LogP contribution < -0.4 is 10.6 Å². The second kappa shape index (κ2) is 6.39. The van der Waals surface area contributed by atoms with E-state index in [1.54, 1.807) is 0 Å². The smallest absolute Gasteiger partial charge is 0.237 e. The predicted molar refractivity (Wildman–Crippen MR) is 71.9 cm³/mol. The first kappa shape index (κ1) is 14.5. The minimum absolute atomic E-state index is 0.0282. The van der Waals surface area contributed by atoms with E-state index in [0.717, 1.165) is 19.5 Å². The molecule has 2 N–H and O–H groups in total. The Labute approximate surface area is 106 Å². The highest BCUT2D eigenvalue weighted by Crippen LogP contribution is 2.24.